The molecule has 1 fully saturated rings. The van der Waals surface area contributed by atoms with Crippen molar-refractivity contribution < 1.29 is 4.74 Å². The normalized spacial score (nSPS) is 21.6. The second-order valence-corrected chi connectivity index (χ2v) is 4.54. The third-order valence-corrected chi connectivity index (χ3v) is 3.37. The molecule has 4 nitrogen and oxygen atoms in total. The fraction of sp³-hybridized carbons (Fsp3) is 0.615. The van der Waals surface area contributed by atoms with Crippen molar-refractivity contribution in [1.82, 2.24) is 10.3 Å². The van der Waals surface area contributed by atoms with Crippen LogP contribution in [-0.4, -0.2) is 30.8 Å². The molecule has 1 saturated heterocycles. The van der Waals surface area contributed by atoms with Crippen LogP contribution in [0.3, 0.4) is 0 Å². The molecule has 17 heavy (non-hydrogen) atoms. The van der Waals surface area contributed by atoms with Crippen molar-refractivity contribution in [2.45, 2.75) is 25.8 Å². The lowest BCUT2D eigenvalue weighted by Gasteiger charge is -2.23. The van der Waals surface area contributed by atoms with E-state index in [1.807, 2.05) is 6.07 Å². The Morgan fingerprint density at radius 1 is 1.65 bits per heavy atom. The van der Waals surface area contributed by atoms with E-state index < -0.39 is 0 Å². The highest BCUT2D eigenvalue weighted by Gasteiger charge is 2.25. The average Bonchev–Trinajstić information content (AvgIpc) is 2.85. The zero-order valence-corrected chi connectivity index (χ0v) is 10.4. The minimum atomic E-state index is 0.439. The Kier molecular flexibility index (Phi) is 4.34. The van der Waals surface area contributed by atoms with Gasteiger partial charge >= 0.3 is 0 Å². The Labute approximate surface area is 103 Å². The van der Waals surface area contributed by atoms with Crippen molar-refractivity contribution in [3.8, 4) is 0 Å². The maximum Gasteiger partial charge on any atom is 0.126 e. The minimum Gasteiger partial charge on any atom is -0.383 e. The molecule has 0 aromatic carbocycles. The summed E-state index contributed by atoms with van der Waals surface area (Å²) in [6.45, 7) is 4.85. The third-order valence-electron chi connectivity index (χ3n) is 3.37. The fourth-order valence-corrected chi connectivity index (χ4v) is 2.40. The van der Waals surface area contributed by atoms with Crippen LogP contribution in [0, 0.1) is 5.92 Å². The van der Waals surface area contributed by atoms with Crippen molar-refractivity contribution in [2.24, 2.45) is 5.92 Å². The van der Waals surface area contributed by atoms with Crippen molar-refractivity contribution in [2.75, 3.05) is 25.5 Å². The van der Waals surface area contributed by atoms with Crippen LogP contribution >= 0.6 is 0 Å². The molecule has 2 unspecified atom stereocenters. The van der Waals surface area contributed by atoms with Gasteiger partial charge in [-0.3, -0.25) is 0 Å². The van der Waals surface area contributed by atoms with E-state index in [1.165, 1.54) is 0 Å². The van der Waals surface area contributed by atoms with E-state index in [0.29, 0.717) is 17.8 Å². The maximum absolute atomic E-state index is 5.89. The number of anilines is 1. The van der Waals surface area contributed by atoms with Gasteiger partial charge in [-0.25, -0.2) is 4.98 Å². The molecule has 0 radical (unpaired) electrons. The molecule has 1 aromatic heterocycles. The van der Waals surface area contributed by atoms with Crippen LogP contribution in [0.25, 0.3) is 0 Å². The van der Waals surface area contributed by atoms with Crippen molar-refractivity contribution in [3.05, 3.63) is 23.9 Å². The van der Waals surface area contributed by atoms with Crippen LogP contribution < -0.4 is 11.1 Å². The lowest BCUT2D eigenvalue weighted by Crippen LogP contribution is -2.38. The number of hydrogen-bond acceptors (Lipinski definition) is 4. The smallest absolute Gasteiger partial charge is 0.126 e. The van der Waals surface area contributed by atoms with E-state index in [-0.39, 0.29) is 0 Å². The number of nitrogen functional groups attached to an aromatic ring is 1. The fourth-order valence-electron chi connectivity index (χ4n) is 2.40. The largest absolute Gasteiger partial charge is 0.383 e. The number of pyridine rings is 1. The van der Waals surface area contributed by atoms with Crippen LogP contribution in [0.1, 0.15) is 18.9 Å². The Balaban J connectivity index is 2.04. The standard InChI is InChI=1S/C13H21N3O/c1-2-15-12(11-5-7-17-9-11)8-10-4-3-6-16-13(10)14/h3-4,6,11-12,15H,2,5,7-9H2,1H3,(H2,14,16). The molecule has 0 aliphatic carbocycles. The van der Waals surface area contributed by atoms with Crippen LogP contribution in [0.15, 0.2) is 18.3 Å². The lowest BCUT2D eigenvalue weighted by molar-refractivity contribution is 0.176. The highest BCUT2D eigenvalue weighted by Crippen LogP contribution is 2.21. The molecule has 1 aliphatic heterocycles. The van der Waals surface area contributed by atoms with Gasteiger partial charge in [0.1, 0.15) is 5.82 Å². The summed E-state index contributed by atoms with van der Waals surface area (Å²) in [6.07, 6.45) is 3.80. The minimum absolute atomic E-state index is 0.439. The molecule has 0 saturated carbocycles. The highest BCUT2D eigenvalue weighted by molar-refractivity contribution is 5.39. The Morgan fingerprint density at radius 2 is 2.53 bits per heavy atom. The van der Waals surface area contributed by atoms with Gasteiger partial charge in [0.2, 0.25) is 0 Å². The summed E-state index contributed by atoms with van der Waals surface area (Å²) in [4.78, 5) is 4.14. The van der Waals surface area contributed by atoms with Gasteiger partial charge in [-0.1, -0.05) is 13.0 Å². The lowest BCUT2D eigenvalue weighted by atomic mass is 9.93. The second-order valence-electron chi connectivity index (χ2n) is 4.54. The van der Waals surface area contributed by atoms with Crippen LogP contribution in [0.2, 0.25) is 0 Å². The zero-order chi connectivity index (χ0) is 12.1. The van der Waals surface area contributed by atoms with Gasteiger partial charge in [-0.15, -0.1) is 0 Å². The summed E-state index contributed by atoms with van der Waals surface area (Å²) >= 11 is 0. The summed E-state index contributed by atoms with van der Waals surface area (Å²) in [5, 5.41) is 3.54. The van der Waals surface area contributed by atoms with Gasteiger partial charge in [0.15, 0.2) is 0 Å². The number of nitrogens with two attached hydrogens (primary N) is 1. The number of ether oxygens (including phenoxy) is 1. The molecule has 94 valence electrons. The van der Waals surface area contributed by atoms with E-state index in [9.17, 15) is 0 Å². The predicted molar refractivity (Wildman–Crippen MR) is 68.7 cm³/mol. The number of rotatable bonds is 5. The van der Waals surface area contributed by atoms with E-state index in [4.69, 9.17) is 10.5 Å². The predicted octanol–water partition coefficient (Wildman–Crippen LogP) is 1.22. The van der Waals surface area contributed by atoms with Crippen molar-refractivity contribution in [1.29, 1.82) is 0 Å². The summed E-state index contributed by atoms with van der Waals surface area (Å²) in [7, 11) is 0. The molecule has 1 aliphatic rings. The monoisotopic (exact) mass is 235 g/mol. The Hall–Kier alpha value is -1.13. The molecule has 4 heteroatoms. The first-order valence-corrected chi connectivity index (χ1v) is 6.31. The number of nitrogens with one attached hydrogen (secondary N) is 1. The maximum atomic E-state index is 5.89. The summed E-state index contributed by atoms with van der Waals surface area (Å²) < 4.78 is 5.47. The molecule has 0 bridgehead atoms. The van der Waals surface area contributed by atoms with Crippen LogP contribution in [-0.2, 0) is 11.2 Å². The van der Waals surface area contributed by atoms with Gasteiger partial charge < -0.3 is 15.8 Å². The molecule has 3 N–H and O–H groups in total. The van der Waals surface area contributed by atoms with Crippen LogP contribution in [0.4, 0.5) is 5.82 Å². The molecule has 0 amide bonds. The molecule has 0 spiro atoms. The SMILES string of the molecule is CCNC(Cc1cccnc1N)C1CCOC1. The zero-order valence-electron chi connectivity index (χ0n) is 10.4. The van der Waals surface area contributed by atoms with E-state index >= 15 is 0 Å². The van der Waals surface area contributed by atoms with Crippen molar-refractivity contribution >= 4 is 5.82 Å². The number of hydrogen-bond donors (Lipinski definition) is 2. The molecule has 2 heterocycles. The average molecular weight is 235 g/mol. The van der Waals surface area contributed by atoms with Crippen LogP contribution in [0.5, 0.6) is 0 Å². The van der Waals surface area contributed by atoms with Crippen molar-refractivity contribution in [3.63, 3.8) is 0 Å². The first-order chi connectivity index (χ1) is 8.31. The summed E-state index contributed by atoms with van der Waals surface area (Å²) in [6, 6.07) is 4.44. The Morgan fingerprint density at radius 3 is 3.18 bits per heavy atom. The molecule has 1 aromatic rings. The number of nitrogens with zero attached hydrogens (tertiary/aromatic N) is 1. The first-order valence-electron chi connectivity index (χ1n) is 6.31. The Bertz CT molecular complexity index is 350. The summed E-state index contributed by atoms with van der Waals surface area (Å²) in [5.74, 6) is 1.24. The number of aromatic nitrogens is 1. The molecular formula is C13H21N3O. The van der Waals surface area contributed by atoms with Gasteiger partial charge in [-0.05, 0) is 31.0 Å². The highest BCUT2D eigenvalue weighted by atomic mass is 16.5. The second kappa shape index (κ2) is 5.98. The van der Waals surface area contributed by atoms with E-state index in [0.717, 1.165) is 38.2 Å². The molecule has 2 atom stereocenters. The third kappa shape index (κ3) is 3.17. The van der Waals surface area contributed by atoms with Gasteiger partial charge in [-0.2, -0.15) is 0 Å². The van der Waals surface area contributed by atoms with Gasteiger partial charge in [0.05, 0.1) is 6.61 Å². The topological polar surface area (TPSA) is 60.2 Å². The quantitative estimate of drug-likeness (QED) is 0.805. The summed E-state index contributed by atoms with van der Waals surface area (Å²) in [5.41, 5.74) is 7.02. The molecular weight excluding hydrogens is 214 g/mol. The number of likely N-dealkylation sites (N-methyl/N-ethyl adjacent to an activating group) is 1. The van der Waals surface area contributed by atoms with Gasteiger partial charge in [0, 0.05) is 24.8 Å². The first kappa shape index (κ1) is 12.3. The van der Waals surface area contributed by atoms with E-state index in [1.54, 1.807) is 6.20 Å². The van der Waals surface area contributed by atoms with Gasteiger partial charge in [0.25, 0.3) is 0 Å². The molecule has 2 rings (SSSR count). The van der Waals surface area contributed by atoms with E-state index in [2.05, 4.69) is 23.3 Å².